The number of hydrogen-bond acceptors (Lipinski definition) is 7. The Kier molecular flexibility index (Phi) is 6.16. The summed E-state index contributed by atoms with van der Waals surface area (Å²) in [6.07, 6.45) is -4.81. The van der Waals surface area contributed by atoms with Crippen molar-refractivity contribution in [2.24, 2.45) is 0 Å². The second kappa shape index (κ2) is 7.15. The zero-order chi connectivity index (χ0) is 13.7. The van der Waals surface area contributed by atoms with Gasteiger partial charge in [0, 0.05) is 0 Å². The molecule has 1 aliphatic heterocycles. The quantitative estimate of drug-likeness (QED) is 0.355. The summed E-state index contributed by atoms with van der Waals surface area (Å²) in [5.41, 5.74) is 0.731. The van der Waals surface area contributed by atoms with Gasteiger partial charge in [0.25, 0.3) is 0 Å². The van der Waals surface area contributed by atoms with E-state index in [1.165, 1.54) is 6.08 Å². The fourth-order valence-electron chi connectivity index (χ4n) is 1.63. The van der Waals surface area contributed by atoms with Gasteiger partial charge in [-0.1, -0.05) is 6.08 Å². The highest BCUT2D eigenvalue weighted by molar-refractivity contribution is 4.98. The minimum Gasteiger partial charge on any atom is -0.394 e. The molecule has 7 heteroatoms. The van der Waals surface area contributed by atoms with Crippen LogP contribution in [-0.2, 0) is 9.47 Å². The first-order valence-corrected chi connectivity index (χ1v) is 5.69. The summed E-state index contributed by atoms with van der Waals surface area (Å²) < 4.78 is 10.4. The molecule has 1 rings (SSSR count). The fraction of sp³-hybridized carbons (Fsp3) is 0.818. The summed E-state index contributed by atoms with van der Waals surface area (Å²) >= 11 is 0. The molecule has 18 heavy (non-hydrogen) atoms. The van der Waals surface area contributed by atoms with Crippen molar-refractivity contribution in [3.63, 3.8) is 0 Å². The highest BCUT2D eigenvalue weighted by atomic mass is 16.7. The zero-order valence-corrected chi connectivity index (χ0v) is 10.1. The van der Waals surface area contributed by atoms with Crippen LogP contribution in [0.4, 0.5) is 0 Å². The van der Waals surface area contributed by atoms with Crippen LogP contribution in [0.15, 0.2) is 11.6 Å². The maximum absolute atomic E-state index is 9.65. The average Bonchev–Trinajstić information content (AvgIpc) is 2.35. The van der Waals surface area contributed by atoms with E-state index in [1.807, 2.05) is 0 Å². The van der Waals surface area contributed by atoms with E-state index in [4.69, 9.17) is 19.7 Å². The van der Waals surface area contributed by atoms with Gasteiger partial charge in [0.05, 0.1) is 19.8 Å². The molecule has 7 nitrogen and oxygen atoms in total. The first kappa shape index (κ1) is 15.5. The van der Waals surface area contributed by atoms with Gasteiger partial charge >= 0.3 is 0 Å². The van der Waals surface area contributed by atoms with Crippen LogP contribution >= 0.6 is 0 Å². The number of hydrogen-bond donors (Lipinski definition) is 5. The lowest BCUT2D eigenvalue weighted by atomic mass is 9.99. The van der Waals surface area contributed by atoms with Gasteiger partial charge < -0.3 is 35.0 Å². The Hall–Kier alpha value is -0.540. The van der Waals surface area contributed by atoms with E-state index >= 15 is 0 Å². The Bertz CT molecular complexity index is 279. The number of rotatable bonds is 5. The van der Waals surface area contributed by atoms with Crippen LogP contribution in [0, 0.1) is 0 Å². The molecule has 0 amide bonds. The van der Waals surface area contributed by atoms with E-state index in [2.05, 4.69) is 0 Å². The van der Waals surface area contributed by atoms with Crippen molar-refractivity contribution in [2.45, 2.75) is 37.6 Å². The number of aliphatic hydroxyl groups is 5. The predicted molar refractivity (Wildman–Crippen MR) is 60.6 cm³/mol. The molecule has 0 aromatic carbocycles. The Morgan fingerprint density at radius 3 is 2.39 bits per heavy atom. The summed E-state index contributed by atoms with van der Waals surface area (Å²) in [5.74, 6) is 0. The molecule has 0 bridgehead atoms. The molecule has 0 radical (unpaired) electrons. The monoisotopic (exact) mass is 264 g/mol. The van der Waals surface area contributed by atoms with Crippen molar-refractivity contribution < 1.29 is 35.0 Å². The highest BCUT2D eigenvalue weighted by Gasteiger charge is 2.43. The lowest BCUT2D eigenvalue weighted by Crippen LogP contribution is -2.59. The molecule has 1 fully saturated rings. The van der Waals surface area contributed by atoms with Crippen molar-refractivity contribution in [2.75, 3.05) is 19.8 Å². The fourth-order valence-corrected chi connectivity index (χ4v) is 1.63. The Morgan fingerprint density at radius 1 is 1.17 bits per heavy atom. The topological polar surface area (TPSA) is 120 Å². The van der Waals surface area contributed by atoms with Crippen molar-refractivity contribution in [1.82, 2.24) is 0 Å². The van der Waals surface area contributed by atoms with Gasteiger partial charge in [-0.3, -0.25) is 0 Å². The first-order valence-electron chi connectivity index (χ1n) is 5.69. The van der Waals surface area contributed by atoms with Crippen molar-refractivity contribution in [3.8, 4) is 0 Å². The van der Waals surface area contributed by atoms with Gasteiger partial charge in [0.2, 0.25) is 0 Å². The van der Waals surface area contributed by atoms with E-state index < -0.39 is 37.3 Å². The largest absolute Gasteiger partial charge is 0.394 e. The maximum Gasteiger partial charge on any atom is 0.187 e. The molecular formula is C11H20O7. The summed E-state index contributed by atoms with van der Waals surface area (Å²) in [4.78, 5) is 0. The van der Waals surface area contributed by atoms with E-state index in [9.17, 15) is 15.3 Å². The first-order chi connectivity index (χ1) is 8.51. The van der Waals surface area contributed by atoms with Gasteiger partial charge in [-0.05, 0) is 12.5 Å². The molecule has 1 heterocycles. The zero-order valence-electron chi connectivity index (χ0n) is 10.1. The van der Waals surface area contributed by atoms with Gasteiger partial charge in [0.1, 0.15) is 24.4 Å². The van der Waals surface area contributed by atoms with Crippen LogP contribution < -0.4 is 0 Å². The van der Waals surface area contributed by atoms with Crippen LogP contribution in [0.25, 0.3) is 0 Å². The SMILES string of the molecule is C/C(=C/CO)COC1OC(CO)C(O)C(O)C1O. The van der Waals surface area contributed by atoms with Crippen molar-refractivity contribution in [3.05, 3.63) is 11.6 Å². The van der Waals surface area contributed by atoms with E-state index in [-0.39, 0.29) is 13.2 Å². The number of aliphatic hydroxyl groups excluding tert-OH is 5. The predicted octanol–water partition coefficient (Wildman–Crippen LogP) is -2.26. The molecule has 0 aromatic rings. The van der Waals surface area contributed by atoms with Gasteiger partial charge in [-0.25, -0.2) is 0 Å². The summed E-state index contributed by atoms with van der Waals surface area (Å²) in [6, 6.07) is 0. The average molecular weight is 264 g/mol. The van der Waals surface area contributed by atoms with Crippen LogP contribution in [-0.4, -0.2) is 76.1 Å². The Labute approximate surface area is 105 Å². The Morgan fingerprint density at radius 2 is 1.83 bits per heavy atom. The van der Waals surface area contributed by atoms with Gasteiger partial charge in [-0.2, -0.15) is 0 Å². The molecule has 5 atom stereocenters. The lowest BCUT2D eigenvalue weighted by molar-refractivity contribution is -0.299. The number of ether oxygens (including phenoxy) is 2. The molecule has 106 valence electrons. The third-order valence-electron chi connectivity index (χ3n) is 2.76. The maximum atomic E-state index is 9.65. The third kappa shape index (κ3) is 3.72. The van der Waals surface area contributed by atoms with E-state index in [0.29, 0.717) is 0 Å². The van der Waals surface area contributed by atoms with E-state index in [0.717, 1.165) is 5.57 Å². The molecule has 5 N–H and O–H groups in total. The molecule has 1 aliphatic rings. The van der Waals surface area contributed by atoms with Crippen molar-refractivity contribution >= 4 is 0 Å². The molecule has 0 spiro atoms. The van der Waals surface area contributed by atoms with Crippen LogP contribution in [0.3, 0.4) is 0 Å². The molecular weight excluding hydrogens is 244 g/mol. The molecule has 0 saturated carbocycles. The van der Waals surface area contributed by atoms with Gasteiger partial charge in [0.15, 0.2) is 6.29 Å². The standard InChI is InChI=1S/C11H20O7/c1-6(2-3-12)5-17-11-10(16)9(15)8(14)7(4-13)18-11/h2,7-16H,3-5H2,1H3/b6-2-. The second-order valence-corrected chi connectivity index (χ2v) is 4.24. The van der Waals surface area contributed by atoms with Crippen LogP contribution in [0.2, 0.25) is 0 Å². The van der Waals surface area contributed by atoms with Crippen LogP contribution in [0.1, 0.15) is 6.92 Å². The summed E-state index contributed by atoms with van der Waals surface area (Å²) in [7, 11) is 0. The smallest absolute Gasteiger partial charge is 0.187 e. The normalized spacial score (nSPS) is 37.9. The summed E-state index contributed by atoms with van der Waals surface area (Å²) in [6.45, 7) is 1.21. The second-order valence-electron chi connectivity index (χ2n) is 4.24. The van der Waals surface area contributed by atoms with E-state index in [1.54, 1.807) is 6.92 Å². The lowest BCUT2D eigenvalue weighted by Gasteiger charge is -2.39. The molecule has 1 saturated heterocycles. The Balaban J connectivity index is 2.56. The van der Waals surface area contributed by atoms with Crippen LogP contribution in [0.5, 0.6) is 0 Å². The minimum atomic E-state index is -1.44. The third-order valence-corrected chi connectivity index (χ3v) is 2.76. The molecule has 0 aromatic heterocycles. The van der Waals surface area contributed by atoms with Gasteiger partial charge in [-0.15, -0.1) is 0 Å². The molecule has 0 aliphatic carbocycles. The highest BCUT2D eigenvalue weighted by Crippen LogP contribution is 2.22. The molecule has 5 unspecified atom stereocenters. The minimum absolute atomic E-state index is 0.100. The van der Waals surface area contributed by atoms with Crippen molar-refractivity contribution in [1.29, 1.82) is 0 Å². The summed E-state index contributed by atoms with van der Waals surface area (Å²) in [5, 5.41) is 46.3.